The molecule has 0 saturated carbocycles. The van der Waals surface area contributed by atoms with Gasteiger partial charge in [0, 0.05) is 12.1 Å². The molecule has 0 bridgehead atoms. The third-order valence-corrected chi connectivity index (χ3v) is 9.21. The number of cyclic esters (lactones) is 1. The van der Waals surface area contributed by atoms with E-state index in [1.54, 1.807) is 12.1 Å². The summed E-state index contributed by atoms with van der Waals surface area (Å²) in [5.41, 5.74) is -3.10. The highest BCUT2D eigenvalue weighted by molar-refractivity contribution is 5.82. The minimum atomic E-state index is -5.10. The van der Waals surface area contributed by atoms with Crippen molar-refractivity contribution in [2.24, 2.45) is 5.41 Å². The number of ether oxygens (including phenoxy) is 3. The van der Waals surface area contributed by atoms with Crippen molar-refractivity contribution in [3.05, 3.63) is 88.0 Å². The first-order chi connectivity index (χ1) is 23.1. The molecule has 2 atom stereocenters. The SMILES string of the molecule is COc1cccc(-c2cc(C3=C(CN4C(=O)O[C@H](c5cc(C(F)(F)F)cc(C(F)(F)F)c5)[C@@H]4C)CC(C)(C)CC3)c(OC)cc2C(F)(F)F)c1. The maximum Gasteiger partial charge on any atom is 0.417 e. The lowest BCUT2D eigenvalue weighted by Gasteiger charge is -2.36. The second kappa shape index (κ2) is 13.1. The van der Waals surface area contributed by atoms with E-state index in [0.717, 1.165) is 6.07 Å². The Kier molecular flexibility index (Phi) is 9.65. The molecule has 2 aliphatic rings. The van der Waals surface area contributed by atoms with Gasteiger partial charge in [-0.2, -0.15) is 39.5 Å². The Labute approximate surface area is 282 Å². The predicted octanol–water partition coefficient (Wildman–Crippen LogP) is 11.0. The average molecular weight is 716 g/mol. The second-order valence-corrected chi connectivity index (χ2v) is 13.3. The van der Waals surface area contributed by atoms with Crippen LogP contribution in [-0.2, 0) is 23.3 Å². The molecule has 1 amide bonds. The zero-order valence-corrected chi connectivity index (χ0v) is 27.7. The minimum Gasteiger partial charge on any atom is -0.497 e. The fourth-order valence-electron chi connectivity index (χ4n) is 6.65. The maximum atomic E-state index is 14.4. The normalized spacial score (nSPS) is 19.9. The van der Waals surface area contributed by atoms with Gasteiger partial charge in [-0.1, -0.05) is 26.0 Å². The van der Waals surface area contributed by atoms with E-state index in [9.17, 15) is 44.3 Å². The van der Waals surface area contributed by atoms with Gasteiger partial charge in [-0.25, -0.2) is 4.79 Å². The van der Waals surface area contributed by atoms with E-state index in [1.165, 1.54) is 44.2 Å². The molecule has 3 aromatic rings. The summed E-state index contributed by atoms with van der Waals surface area (Å²) in [6.07, 6.45) is -16.0. The van der Waals surface area contributed by atoms with Crippen LogP contribution in [0.2, 0.25) is 0 Å². The molecule has 0 radical (unpaired) electrons. The number of alkyl halides is 9. The van der Waals surface area contributed by atoms with Crippen molar-refractivity contribution in [3.63, 3.8) is 0 Å². The largest absolute Gasteiger partial charge is 0.497 e. The Morgan fingerprint density at radius 1 is 0.840 bits per heavy atom. The summed E-state index contributed by atoms with van der Waals surface area (Å²) < 4.78 is 141. The highest BCUT2D eigenvalue weighted by Crippen LogP contribution is 2.49. The highest BCUT2D eigenvalue weighted by Gasteiger charge is 2.44. The summed E-state index contributed by atoms with van der Waals surface area (Å²) in [6.45, 7) is 5.27. The number of nitrogens with zero attached hydrogens (tertiary/aromatic N) is 1. The Bertz CT molecular complexity index is 1780. The number of allylic oxidation sites excluding steroid dienone is 1. The van der Waals surface area contributed by atoms with E-state index in [4.69, 9.17) is 14.2 Å². The van der Waals surface area contributed by atoms with Gasteiger partial charge in [0.25, 0.3) is 0 Å². The molecule has 5 nitrogen and oxygen atoms in total. The number of hydrogen-bond acceptors (Lipinski definition) is 4. The molecule has 1 saturated heterocycles. The number of benzene rings is 3. The Morgan fingerprint density at radius 2 is 1.48 bits per heavy atom. The van der Waals surface area contributed by atoms with Crippen LogP contribution in [0.4, 0.5) is 44.3 Å². The molecule has 270 valence electrons. The fraction of sp³-hybridized carbons (Fsp3) is 0.417. The number of carbonyl (C=O) groups excluding carboxylic acids is 1. The van der Waals surface area contributed by atoms with Crippen LogP contribution < -0.4 is 9.47 Å². The third-order valence-electron chi connectivity index (χ3n) is 9.21. The average Bonchev–Trinajstić information content (AvgIpc) is 3.31. The van der Waals surface area contributed by atoms with Crippen molar-refractivity contribution < 1.29 is 58.5 Å². The van der Waals surface area contributed by atoms with E-state index in [0.29, 0.717) is 53.9 Å². The smallest absolute Gasteiger partial charge is 0.417 e. The first-order valence-corrected chi connectivity index (χ1v) is 15.5. The van der Waals surface area contributed by atoms with Crippen LogP contribution in [0.3, 0.4) is 0 Å². The van der Waals surface area contributed by atoms with Gasteiger partial charge in [-0.05, 0) is 102 Å². The lowest BCUT2D eigenvalue weighted by atomic mass is 9.72. The van der Waals surface area contributed by atoms with Crippen LogP contribution >= 0.6 is 0 Å². The van der Waals surface area contributed by atoms with Crippen molar-refractivity contribution in [1.82, 2.24) is 4.90 Å². The van der Waals surface area contributed by atoms with Crippen LogP contribution in [-0.4, -0.2) is 37.8 Å². The van der Waals surface area contributed by atoms with E-state index in [1.807, 2.05) is 13.8 Å². The molecule has 1 aliphatic heterocycles. The Balaban J connectivity index is 1.61. The lowest BCUT2D eigenvalue weighted by Crippen LogP contribution is -2.35. The fourth-order valence-corrected chi connectivity index (χ4v) is 6.65. The quantitative estimate of drug-likeness (QED) is 0.229. The van der Waals surface area contributed by atoms with Crippen molar-refractivity contribution in [2.45, 2.75) is 70.7 Å². The molecule has 0 spiro atoms. The number of rotatable bonds is 7. The van der Waals surface area contributed by atoms with Crippen molar-refractivity contribution in [2.75, 3.05) is 20.8 Å². The summed E-state index contributed by atoms with van der Waals surface area (Å²) in [6, 6.07) is 8.52. The monoisotopic (exact) mass is 715 g/mol. The summed E-state index contributed by atoms with van der Waals surface area (Å²) in [7, 11) is 2.63. The van der Waals surface area contributed by atoms with Crippen molar-refractivity contribution >= 4 is 11.7 Å². The van der Waals surface area contributed by atoms with Crippen LogP contribution in [0.1, 0.15) is 74.0 Å². The maximum absolute atomic E-state index is 14.4. The highest BCUT2D eigenvalue weighted by atomic mass is 19.4. The predicted molar refractivity (Wildman–Crippen MR) is 166 cm³/mol. The van der Waals surface area contributed by atoms with Crippen LogP contribution in [0.5, 0.6) is 11.5 Å². The molecule has 0 N–H and O–H groups in total. The molecule has 14 heteroatoms. The zero-order chi connectivity index (χ0) is 37.0. The minimum absolute atomic E-state index is 0.00113. The van der Waals surface area contributed by atoms with Crippen molar-refractivity contribution in [1.29, 1.82) is 0 Å². The van der Waals surface area contributed by atoms with Gasteiger partial charge in [0.2, 0.25) is 0 Å². The molecule has 1 fully saturated rings. The topological polar surface area (TPSA) is 48.0 Å². The van der Waals surface area contributed by atoms with Gasteiger partial charge in [0.05, 0.1) is 37.0 Å². The molecule has 3 aromatic carbocycles. The molecule has 1 heterocycles. The van der Waals surface area contributed by atoms with Crippen LogP contribution in [0.25, 0.3) is 16.7 Å². The summed E-state index contributed by atoms with van der Waals surface area (Å²) in [5, 5.41) is 0. The van der Waals surface area contributed by atoms with E-state index in [2.05, 4.69) is 0 Å². The van der Waals surface area contributed by atoms with Gasteiger partial charge in [0.1, 0.15) is 17.6 Å². The molecule has 50 heavy (non-hydrogen) atoms. The standard InChI is InChI=1S/C36H34F9NO4/c1-19-31(21-11-23(34(37,38)39)14-24(12-21)35(40,41)42)50-32(47)46(19)18-22-17-33(2,3)10-9-26(22)28-15-27(20-7-6-8-25(13-20)48-4)29(36(43,44)45)16-30(28)49-5/h6-8,11-16,19,31H,9-10,17-18H2,1-5H3/t19-,31-/m0/s1. The summed E-state index contributed by atoms with van der Waals surface area (Å²) in [5.74, 6) is 0.279. The molecular weight excluding hydrogens is 681 g/mol. The number of methoxy groups -OCH3 is 2. The second-order valence-electron chi connectivity index (χ2n) is 13.3. The molecule has 0 unspecified atom stereocenters. The van der Waals surface area contributed by atoms with Crippen molar-refractivity contribution in [3.8, 4) is 22.6 Å². The van der Waals surface area contributed by atoms with Gasteiger partial charge in [-0.15, -0.1) is 0 Å². The van der Waals surface area contributed by atoms with Gasteiger partial charge in [-0.3, -0.25) is 4.90 Å². The first-order valence-electron chi connectivity index (χ1n) is 15.5. The van der Waals surface area contributed by atoms with Crippen LogP contribution in [0, 0.1) is 5.41 Å². The number of halogens is 9. The summed E-state index contributed by atoms with van der Waals surface area (Å²) in [4.78, 5) is 14.5. The Morgan fingerprint density at radius 3 is 2.04 bits per heavy atom. The van der Waals surface area contributed by atoms with Crippen LogP contribution in [0.15, 0.2) is 60.2 Å². The molecule has 5 rings (SSSR count). The van der Waals surface area contributed by atoms with E-state index >= 15 is 0 Å². The van der Waals surface area contributed by atoms with E-state index < -0.39 is 59.0 Å². The summed E-state index contributed by atoms with van der Waals surface area (Å²) >= 11 is 0. The van der Waals surface area contributed by atoms with E-state index in [-0.39, 0.29) is 34.9 Å². The molecule has 0 aromatic heterocycles. The first kappa shape index (κ1) is 36.9. The number of carbonyl (C=O) groups is 1. The molecular formula is C36H34F9NO4. The number of amides is 1. The van der Waals surface area contributed by atoms with Gasteiger partial charge >= 0.3 is 24.6 Å². The molecule has 1 aliphatic carbocycles. The lowest BCUT2D eigenvalue weighted by molar-refractivity contribution is -0.143. The van der Waals surface area contributed by atoms with Gasteiger partial charge < -0.3 is 14.2 Å². The van der Waals surface area contributed by atoms with Gasteiger partial charge in [0.15, 0.2) is 0 Å². The Hall–Kier alpha value is -4.36. The zero-order valence-electron chi connectivity index (χ0n) is 27.7. The number of hydrogen-bond donors (Lipinski definition) is 0. The third kappa shape index (κ3) is 7.53.